The lowest BCUT2D eigenvalue weighted by Gasteiger charge is -2.35. The molecule has 2 heterocycles. The summed E-state index contributed by atoms with van der Waals surface area (Å²) < 4.78 is 15.8. The molecule has 4 rings (SSSR count). The number of hydrogen-bond donors (Lipinski definition) is 0. The molecule has 0 saturated carbocycles. The van der Waals surface area contributed by atoms with Crippen LogP contribution in [0.2, 0.25) is 0 Å². The Hall–Kier alpha value is -3.81. The second kappa shape index (κ2) is 9.55. The van der Waals surface area contributed by atoms with Crippen LogP contribution in [-0.2, 0) is 0 Å². The molecule has 0 bridgehead atoms. The lowest BCUT2D eigenvalue weighted by molar-refractivity contribution is 0.0742. The standard InChI is InChI=1S/C24H26N4O4/c1-30-18-6-4-17(5-7-18)21-9-11-23(26-25-21)27-12-14-28(15-13-27)24(29)20-16-19(31-2)8-10-22(20)32-3/h4-11,16H,12-15H2,1-3H3. The van der Waals surface area contributed by atoms with Crippen LogP contribution in [-0.4, -0.2) is 68.5 Å². The number of carbonyl (C=O) groups excluding carboxylic acids is 1. The molecule has 0 unspecified atom stereocenters. The number of amides is 1. The van der Waals surface area contributed by atoms with E-state index in [1.807, 2.05) is 41.3 Å². The van der Waals surface area contributed by atoms with Crippen molar-refractivity contribution in [1.82, 2.24) is 15.1 Å². The minimum absolute atomic E-state index is 0.0682. The van der Waals surface area contributed by atoms with Gasteiger partial charge < -0.3 is 24.0 Å². The molecule has 32 heavy (non-hydrogen) atoms. The van der Waals surface area contributed by atoms with E-state index in [-0.39, 0.29) is 5.91 Å². The van der Waals surface area contributed by atoms with Gasteiger partial charge in [-0.1, -0.05) is 0 Å². The van der Waals surface area contributed by atoms with Crippen LogP contribution in [0.25, 0.3) is 11.3 Å². The fraction of sp³-hybridized carbons (Fsp3) is 0.292. The molecule has 1 aliphatic heterocycles. The predicted molar refractivity (Wildman–Crippen MR) is 122 cm³/mol. The lowest BCUT2D eigenvalue weighted by Crippen LogP contribution is -2.49. The first kappa shape index (κ1) is 21.4. The Morgan fingerprint density at radius 3 is 2.06 bits per heavy atom. The van der Waals surface area contributed by atoms with Crippen molar-refractivity contribution in [3.63, 3.8) is 0 Å². The first-order valence-electron chi connectivity index (χ1n) is 10.4. The molecule has 0 N–H and O–H groups in total. The van der Waals surface area contributed by atoms with Gasteiger partial charge in [0.25, 0.3) is 5.91 Å². The number of benzene rings is 2. The maximum absolute atomic E-state index is 13.1. The Bertz CT molecular complexity index is 1060. The summed E-state index contributed by atoms with van der Waals surface area (Å²) >= 11 is 0. The molecule has 8 heteroatoms. The van der Waals surface area contributed by atoms with Crippen molar-refractivity contribution in [3.8, 4) is 28.5 Å². The van der Waals surface area contributed by atoms with Crippen LogP contribution in [0.4, 0.5) is 5.82 Å². The highest BCUT2D eigenvalue weighted by Gasteiger charge is 2.25. The van der Waals surface area contributed by atoms with E-state index in [1.54, 1.807) is 39.5 Å². The zero-order valence-electron chi connectivity index (χ0n) is 18.4. The van der Waals surface area contributed by atoms with Crippen LogP contribution >= 0.6 is 0 Å². The fourth-order valence-electron chi connectivity index (χ4n) is 3.70. The van der Waals surface area contributed by atoms with E-state index >= 15 is 0 Å². The van der Waals surface area contributed by atoms with Gasteiger partial charge in [-0.2, -0.15) is 0 Å². The summed E-state index contributed by atoms with van der Waals surface area (Å²) in [5.41, 5.74) is 2.28. The zero-order valence-corrected chi connectivity index (χ0v) is 18.4. The van der Waals surface area contributed by atoms with Crippen molar-refractivity contribution < 1.29 is 19.0 Å². The molecule has 1 amide bonds. The van der Waals surface area contributed by atoms with Gasteiger partial charge in [0, 0.05) is 31.7 Å². The smallest absolute Gasteiger partial charge is 0.257 e. The number of ether oxygens (including phenoxy) is 3. The van der Waals surface area contributed by atoms with E-state index in [4.69, 9.17) is 14.2 Å². The number of methoxy groups -OCH3 is 3. The molecule has 1 saturated heterocycles. The van der Waals surface area contributed by atoms with E-state index in [1.165, 1.54) is 0 Å². The molecular formula is C24H26N4O4. The summed E-state index contributed by atoms with van der Waals surface area (Å²) in [4.78, 5) is 17.0. The third-order valence-electron chi connectivity index (χ3n) is 5.56. The first-order chi connectivity index (χ1) is 15.6. The number of piperazine rings is 1. The van der Waals surface area contributed by atoms with Crippen molar-refractivity contribution in [2.45, 2.75) is 0 Å². The normalized spacial score (nSPS) is 13.6. The molecule has 3 aromatic rings. The lowest BCUT2D eigenvalue weighted by atomic mass is 10.1. The summed E-state index contributed by atoms with van der Waals surface area (Å²) in [6.07, 6.45) is 0. The van der Waals surface area contributed by atoms with Crippen molar-refractivity contribution in [2.75, 3.05) is 52.4 Å². The average molecular weight is 434 g/mol. The Morgan fingerprint density at radius 1 is 0.781 bits per heavy atom. The summed E-state index contributed by atoms with van der Waals surface area (Å²) in [5.74, 6) is 2.70. The number of rotatable bonds is 6. The molecule has 0 atom stereocenters. The highest BCUT2D eigenvalue weighted by Crippen LogP contribution is 2.26. The quantitative estimate of drug-likeness (QED) is 0.590. The minimum Gasteiger partial charge on any atom is -0.497 e. The largest absolute Gasteiger partial charge is 0.497 e. The molecular weight excluding hydrogens is 408 g/mol. The Labute approximate surface area is 187 Å². The first-order valence-corrected chi connectivity index (χ1v) is 10.4. The average Bonchev–Trinajstić information content (AvgIpc) is 2.88. The van der Waals surface area contributed by atoms with E-state index in [2.05, 4.69) is 15.1 Å². The molecule has 1 aromatic heterocycles. The van der Waals surface area contributed by atoms with Crippen LogP contribution in [0.1, 0.15) is 10.4 Å². The number of nitrogens with zero attached hydrogens (tertiary/aromatic N) is 4. The second-order valence-corrected chi connectivity index (χ2v) is 7.35. The Kier molecular flexibility index (Phi) is 6.39. The maximum atomic E-state index is 13.1. The molecule has 166 valence electrons. The zero-order chi connectivity index (χ0) is 22.5. The van der Waals surface area contributed by atoms with E-state index in [0.717, 1.165) is 22.8 Å². The highest BCUT2D eigenvalue weighted by atomic mass is 16.5. The van der Waals surface area contributed by atoms with Crippen molar-refractivity contribution in [2.24, 2.45) is 0 Å². The predicted octanol–water partition coefficient (Wildman–Crippen LogP) is 3.13. The Balaban J connectivity index is 1.41. The number of carbonyl (C=O) groups is 1. The van der Waals surface area contributed by atoms with Gasteiger partial charge in [-0.15, -0.1) is 10.2 Å². The monoisotopic (exact) mass is 434 g/mol. The highest BCUT2D eigenvalue weighted by molar-refractivity contribution is 5.97. The van der Waals surface area contributed by atoms with Gasteiger partial charge in [-0.05, 0) is 54.6 Å². The fourth-order valence-corrected chi connectivity index (χ4v) is 3.70. The van der Waals surface area contributed by atoms with Gasteiger partial charge in [0.05, 0.1) is 32.6 Å². The van der Waals surface area contributed by atoms with Gasteiger partial charge in [-0.3, -0.25) is 4.79 Å². The molecule has 1 aliphatic rings. The topological polar surface area (TPSA) is 77.0 Å². The Morgan fingerprint density at radius 2 is 1.47 bits per heavy atom. The summed E-state index contributed by atoms with van der Waals surface area (Å²) in [6.45, 7) is 2.52. The van der Waals surface area contributed by atoms with Crippen molar-refractivity contribution in [1.29, 1.82) is 0 Å². The van der Waals surface area contributed by atoms with Crippen LogP contribution in [0.15, 0.2) is 54.6 Å². The molecule has 0 spiro atoms. The van der Waals surface area contributed by atoms with E-state index < -0.39 is 0 Å². The van der Waals surface area contributed by atoms with Crippen LogP contribution < -0.4 is 19.1 Å². The minimum atomic E-state index is -0.0682. The summed E-state index contributed by atoms with van der Waals surface area (Å²) in [7, 11) is 4.78. The van der Waals surface area contributed by atoms with Gasteiger partial charge in [0.2, 0.25) is 0 Å². The number of aromatic nitrogens is 2. The summed E-state index contributed by atoms with van der Waals surface area (Å²) in [5, 5.41) is 8.78. The third kappa shape index (κ3) is 4.44. The maximum Gasteiger partial charge on any atom is 0.257 e. The SMILES string of the molecule is COc1ccc(-c2ccc(N3CCN(C(=O)c4cc(OC)ccc4OC)CC3)nn2)cc1. The van der Waals surface area contributed by atoms with Gasteiger partial charge in [0.1, 0.15) is 17.2 Å². The van der Waals surface area contributed by atoms with E-state index in [9.17, 15) is 4.79 Å². The summed E-state index contributed by atoms with van der Waals surface area (Å²) in [6, 6.07) is 16.9. The molecule has 8 nitrogen and oxygen atoms in total. The number of hydrogen-bond acceptors (Lipinski definition) is 7. The second-order valence-electron chi connectivity index (χ2n) is 7.35. The van der Waals surface area contributed by atoms with Gasteiger partial charge in [-0.25, -0.2) is 0 Å². The number of anilines is 1. The molecule has 0 radical (unpaired) electrons. The van der Waals surface area contributed by atoms with Crippen molar-refractivity contribution >= 4 is 11.7 Å². The van der Waals surface area contributed by atoms with Gasteiger partial charge >= 0.3 is 0 Å². The molecule has 1 fully saturated rings. The van der Waals surface area contributed by atoms with E-state index in [0.29, 0.717) is 43.2 Å². The van der Waals surface area contributed by atoms with Crippen LogP contribution in [0, 0.1) is 0 Å². The molecule has 2 aromatic carbocycles. The van der Waals surface area contributed by atoms with Gasteiger partial charge in [0.15, 0.2) is 5.82 Å². The third-order valence-corrected chi connectivity index (χ3v) is 5.56. The molecule has 0 aliphatic carbocycles. The van der Waals surface area contributed by atoms with Crippen LogP contribution in [0.5, 0.6) is 17.2 Å². The van der Waals surface area contributed by atoms with Crippen molar-refractivity contribution in [3.05, 3.63) is 60.2 Å². The van der Waals surface area contributed by atoms with Crippen LogP contribution in [0.3, 0.4) is 0 Å².